The summed E-state index contributed by atoms with van der Waals surface area (Å²) in [5, 5.41) is 0. The summed E-state index contributed by atoms with van der Waals surface area (Å²) in [6.45, 7) is 25.7. The number of nitrogens with zero attached hydrogens (tertiary/aromatic N) is 12. The standard InChI is InChI=1S/3C23H26N4.2F6P.Ru/c3*1-19-7-9-24-22(15-19)23-16-21(8-10-25-23)18-27-13-11-26(12-14-27)17-20-5-3-2-4-6-20;2*1-7(2,3,4,5)6;/h3*2-10,15-16H,11-14,17-18H2,1H3;;;/q;;;2*-1;+2. The van der Waals surface area contributed by atoms with Gasteiger partial charge in [-0.2, -0.15) is 0 Å². The van der Waals surface area contributed by atoms with Gasteiger partial charge in [-0.25, -0.2) is 0 Å². The maximum atomic E-state index is 9.87. The Morgan fingerprint density at radius 2 is 0.417 bits per heavy atom. The van der Waals surface area contributed by atoms with Crippen LogP contribution in [0.2, 0.25) is 0 Å². The van der Waals surface area contributed by atoms with Crippen LogP contribution in [0.4, 0.5) is 50.4 Å². The second kappa shape index (κ2) is 32.5. The SMILES string of the molecule is Cc1ccnc(-c2cc(CN3CCN(Cc4ccccc4)CC3)ccn2)c1.Cc1ccnc(-c2cc(CN3CCN(Cc4ccccc4)CC3)ccn2)c1.Cc1ccnc(-c2cc(CN3CCN(Cc4ccccc4)CC3)ccn2)c1.F[P-](F)(F)(F)(F)F.F[P-](F)(F)(F)(F)F.[Ru+2]. The third-order valence-electron chi connectivity index (χ3n) is 15.4. The van der Waals surface area contributed by atoms with Crippen LogP contribution in [0.5, 0.6) is 0 Å². The van der Waals surface area contributed by atoms with Crippen LogP contribution in [0.3, 0.4) is 0 Å². The summed E-state index contributed by atoms with van der Waals surface area (Å²) in [6, 6.07) is 57.5. The predicted octanol–water partition coefficient (Wildman–Crippen LogP) is 18.1. The van der Waals surface area contributed by atoms with Crippen molar-refractivity contribution in [2.45, 2.75) is 60.0 Å². The molecule has 0 bridgehead atoms. The van der Waals surface area contributed by atoms with Crippen molar-refractivity contribution in [3.05, 3.63) is 251 Å². The number of aryl methyl sites for hydroxylation is 3. The average Bonchev–Trinajstić information content (AvgIpc) is 0.796. The first-order valence-corrected chi connectivity index (χ1v) is 35.0. The zero-order chi connectivity index (χ0) is 68.2. The van der Waals surface area contributed by atoms with Gasteiger partial charge in [0.2, 0.25) is 0 Å². The second-order valence-electron chi connectivity index (χ2n) is 23.8. The molecule has 516 valence electrons. The van der Waals surface area contributed by atoms with Gasteiger partial charge < -0.3 is 0 Å². The van der Waals surface area contributed by atoms with E-state index in [9.17, 15) is 50.4 Å². The molecule has 0 radical (unpaired) electrons. The van der Waals surface area contributed by atoms with Crippen LogP contribution in [0, 0.1) is 20.8 Å². The molecule has 0 spiro atoms. The first-order chi connectivity index (χ1) is 44.7. The Kier molecular flexibility index (Phi) is 25.9. The molecule has 0 unspecified atom stereocenters. The molecule has 6 aromatic heterocycles. The van der Waals surface area contributed by atoms with Gasteiger partial charge in [-0.15, -0.1) is 0 Å². The van der Waals surface area contributed by atoms with Gasteiger partial charge in [-0.05, 0) is 144 Å². The van der Waals surface area contributed by atoms with Crippen LogP contribution >= 0.6 is 15.6 Å². The van der Waals surface area contributed by atoms with E-state index in [2.05, 4.69) is 226 Å². The number of benzene rings is 3. The number of rotatable bonds is 15. The summed E-state index contributed by atoms with van der Waals surface area (Å²) in [4.78, 5) is 42.2. The van der Waals surface area contributed by atoms with Crippen LogP contribution in [0.1, 0.15) is 50.1 Å². The molecule has 0 amide bonds. The number of piperazine rings is 3. The molecule has 3 aliphatic rings. The Labute approximate surface area is 565 Å². The normalized spacial score (nSPS) is 16.7. The number of hydrogen-bond donors (Lipinski definition) is 0. The molecular formula is C69H78F12N12P2Ru. The number of aromatic nitrogens is 6. The van der Waals surface area contributed by atoms with Crippen LogP contribution in [-0.2, 0) is 58.7 Å². The molecular weight excluding hydrogens is 1390 g/mol. The van der Waals surface area contributed by atoms with Crippen molar-refractivity contribution in [2.24, 2.45) is 0 Å². The first-order valence-electron chi connectivity index (χ1n) is 30.9. The molecule has 27 heteroatoms. The molecule has 3 aromatic carbocycles. The fourth-order valence-corrected chi connectivity index (χ4v) is 10.8. The Bertz CT molecular complexity index is 3450. The van der Waals surface area contributed by atoms with Crippen molar-refractivity contribution in [1.82, 2.24) is 59.3 Å². The molecule has 96 heavy (non-hydrogen) atoms. The van der Waals surface area contributed by atoms with Gasteiger partial charge in [-0.3, -0.25) is 59.3 Å². The average molecular weight is 1470 g/mol. The van der Waals surface area contributed by atoms with Gasteiger partial charge in [0.1, 0.15) is 0 Å². The monoisotopic (exact) mass is 1470 g/mol. The van der Waals surface area contributed by atoms with E-state index in [1.807, 2.05) is 55.4 Å². The maximum Gasteiger partial charge on any atom is 2.00 e. The summed E-state index contributed by atoms with van der Waals surface area (Å²) in [5.74, 6) is 0. The van der Waals surface area contributed by atoms with E-state index in [0.29, 0.717) is 0 Å². The van der Waals surface area contributed by atoms with Crippen molar-refractivity contribution < 1.29 is 69.8 Å². The molecule has 0 N–H and O–H groups in total. The van der Waals surface area contributed by atoms with Crippen molar-refractivity contribution in [2.75, 3.05) is 78.5 Å². The summed E-state index contributed by atoms with van der Waals surface area (Å²) in [7, 11) is -21.3. The zero-order valence-electron chi connectivity index (χ0n) is 53.4. The molecule has 0 saturated carbocycles. The van der Waals surface area contributed by atoms with Crippen LogP contribution in [0.25, 0.3) is 34.2 Å². The minimum absolute atomic E-state index is 0. The molecule has 3 saturated heterocycles. The molecule has 3 aliphatic heterocycles. The fourth-order valence-electron chi connectivity index (χ4n) is 10.8. The number of halogens is 12. The van der Waals surface area contributed by atoms with E-state index in [1.165, 1.54) is 50.1 Å². The van der Waals surface area contributed by atoms with Crippen LogP contribution in [0.15, 0.2) is 201 Å². The van der Waals surface area contributed by atoms with Crippen molar-refractivity contribution in [3.8, 4) is 34.2 Å². The smallest absolute Gasteiger partial charge is 2.00 e. The predicted molar refractivity (Wildman–Crippen MR) is 355 cm³/mol. The zero-order valence-corrected chi connectivity index (χ0v) is 57.0. The molecule has 3 fully saturated rings. The van der Waals surface area contributed by atoms with Gasteiger partial charge >= 0.3 is 85.5 Å². The van der Waals surface area contributed by atoms with E-state index in [4.69, 9.17) is 0 Å². The fraction of sp³-hybridized carbons (Fsp3) is 0.304. The first kappa shape index (κ1) is 76.3. The Morgan fingerprint density at radius 3 is 0.604 bits per heavy atom. The summed E-state index contributed by atoms with van der Waals surface area (Å²) in [6.07, 6.45) is 11.3. The molecule has 9 heterocycles. The largest absolute Gasteiger partial charge is 2.00 e. The molecule has 0 atom stereocenters. The molecule has 0 aliphatic carbocycles. The summed E-state index contributed by atoms with van der Waals surface area (Å²) < 4.78 is 118. The van der Waals surface area contributed by atoms with Crippen LogP contribution in [-0.4, -0.2) is 138 Å². The van der Waals surface area contributed by atoms with Crippen molar-refractivity contribution in [1.29, 1.82) is 0 Å². The summed E-state index contributed by atoms with van der Waals surface area (Å²) in [5.41, 5.74) is 17.5. The molecule has 9 aromatic rings. The van der Waals surface area contributed by atoms with Crippen molar-refractivity contribution in [3.63, 3.8) is 0 Å². The van der Waals surface area contributed by atoms with Crippen LogP contribution < -0.4 is 0 Å². The Morgan fingerprint density at radius 1 is 0.250 bits per heavy atom. The van der Waals surface area contributed by atoms with E-state index >= 15 is 0 Å². The third-order valence-corrected chi connectivity index (χ3v) is 15.4. The van der Waals surface area contributed by atoms with Gasteiger partial charge in [0.05, 0.1) is 34.2 Å². The number of pyridine rings is 6. The third kappa shape index (κ3) is 31.4. The van der Waals surface area contributed by atoms with Crippen molar-refractivity contribution >= 4 is 15.6 Å². The maximum absolute atomic E-state index is 10.7. The van der Waals surface area contributed by atoms with E-state index < -0.39 is 15.6 Å². The molecule has 12 rings (SSSR count). The van der Waals surface area contributed by atoms with Gasteiger partial charge in [0.15, 0.2) is 0 Å². The topological polar surface area (TPSA) is 96.8 Å². The van der Waals surface area contributed by atoms with E-state index in [0.717, 1.165) is 152 Å². The van der Waals surface area contributed by atoms with Gasteiger partial charge in [0, 0.05) is 155 Å². The van der Waals surface area contributed by atoms with Gasteiger partial charge in [-0.1, -0.05) is 91.0 Å². The van der Waals surface area contributed by atoms with E-state index in [1.54, 1.807) is 0 Å². The number of hydrogen-bond acceptors (Lipinski definition) is 12. The Balaban J connectivity index is 0.000000183. The Hall–Kier alpha value is -7.04. The molecule has 12 nitrogen and oxygen atoms in total. The minimum Gasteiger partial charge on any atom is 2.00 e. The second-order valence-corrected chi connectivity index (χ2v) is 27.7. The van der Waals surface area contributed by atoms with E-state index in [-0.39, 0.29) is 19.5 Å². The summed E-state index contributed by atoms with van der Waals surface area (Å²) >= 11 is 0. The van der Waals surface area contributed by atoms with Gasteiger partial charge in [0.25, 0.3) is 0 Å². The minimum atomic E-state index is -10.7. The quantitative estimate of drug-likeness (QED) is 0.0555.